The summed E-state index contributed by atoms with van der Waals surface area (Å²) in [5.41, 5.74) is 6.63. The first-order chi connectivity index (χ1) is 10.1. The van der Waals surface area contributed by atoms with E-state index in [2.05, 4.69) is 75.5 Å². The van der Waals surface area contributed by atoms with Crippen LogP contribution in [-0.4, -0.2) is 0 Å². The van der Waals surface area contributed by atoms with Crippen LogP contribution >= 0.6 is 0 Å². The molecule has 2 rings (SSSR count). The first kappa shape index (κ1) is 15.6. The summed E-state index contributed by atoms with van der Waals surface area (Å²) < 4.78 is 0. The summed E-state index contributed by atoms with van der Waals surface area (Å²) in [5.74, 6) is 0. The van der Waals surface area contributed by atoms with Gasteiger partial charge in [-0.2, -0.15) is 0 Å². The molecule has 2 aromatic carbocycles. The number of hydrogen-bond donors (Lipinski definition) is 1. The normalized spacial score (nSPS) is 12.2. The Hall–Kier alpha value is -1.76. The second-order valence-corrected chi connectivity index (χ2v) is 6.03. The molecular formula is C20H27N. The van der Waals surface area contributed by atoms with E-state index in [4.69, 9.17) is 0 Å². The third-order valence-electron chi connectivity index (χ3n) is 4.05. The molecule has 0 fully saturated rings. The van der Waals surface area contributed by atoms with E-state index in [1.807, 2.05) is 0 Å². The van der Waals surface area contributed by atoms with Crippen LogP contribution in [-0.2, 0) is 6.42 Å². The molecular weight excluding hydrogens is 254 g/mol. The lowest BCUT2D eigenvalue weighted by atomic mass is 10.0. The Morgan fingerprint density at radius 1 is 1.00 bits per heavy atom. The molecule has 0 aliphatic carbocycles. The molecule has 2 aromatic rings. The van der Waals surface area contributed by atoms with Crippen LogP contribution in [0.1, 0.15) is 55.0 Å². The monoisotopic (exact) mass is 281 g/mol. The van der Waals surface area contributed by atoms with Crippen molar-refractivity contribution < 1.29 is 0 Å². The molecule has 0 spiro atoms. The SMILES string of the molecule is CCCCc1ccc(C(C)Nc2ccc(C)cc2C)cc1. The van der Waals surface area contributed by atoms with E-state index >= 15 is 0 Å². The van der Waals surface area contributed by atoms with Crippen LogP contribution in [0.3, 0.4) is 0 Å². The van der Waals surface area contributed by atoms with Crippen molar-refractivity contribution in [3.8, 4) is 0 Å². The van der Waals surface area contributed by atoms with Crippen molar-refractivity contribution in [1.29, 1.82) is 0 Å². The molecule has 1 heteroatoms. The Kier molecular flexibility index (Phi) is 5.44. The van der Waals surface area contributed by atoms with Gasteiger partial charge in [-0.05, 0) is 56.4 Å². The molecule has 0 radical (unpaired) electrons. The van der Waals surface area contributed by atoms with E-state index in [1.54, 1.807) is 0 Å². The Labute approximate surface area is 129 Å². The average molecular weight is 281 g/mol. The highest BCUT2D eigenvalue weighted by molar-refractivity contribution is 5.53. The van der Waals surface area contributed by atoms with Crippen molar-refractivity contribution in [2.45, 2.75) is 53.0 Å². The van der Waals surface area contributed by atoms with E-state index < -0.39 is 0 Å². The third-order valence-corrected chi connectivity index (χ3v) is 4.05. The van der Waals surface area contributed by atoms with Crippen molar-refractivity contribution in [1.82, 2.24) is 0 Å². The van der Waals surface area contributed by atoms with Crippen LogP contribution in [0.4, 0.5) is 5.69 Å². The summed E-state index contributed by atoms with van der Waals surface area (Å²) in [6.45, 7) is 8.76. The van der Waals surface area contributed by atoms with Gasteiger partial charge in [0.25, 0.3) is 0 Å². The van der Waals surface area contributed by atoms with E-state index in [0.29, 0.717) is 6.04 Å². The van der Waals surface area contributed by atoms with Crippen LogP contribution in [0.25, 0.3) is 0 Å². The Bertz CT molecular complexity index is 569. The van der Waals surface area contributed by atoms with Crippen molar-refractivity contribution in [2.75, 3.05) is 5.32 Å². The fourth-order valence-corrected chi connectivity index (χ4v) is 2.65. The number of benzene rings is 2. The highest BCUT2D eigenvalue weighted by Gasteiger charge is 2.07. The van der Waals surface area contributed by atoms with Gasteiger partial charge in [0.05, 0.1) is 0 Å². The van der Waals surface area contributed by atoms with Crippen molar-refractivity contribution >= 4 is 5.69 Å². The van der Waals surface area contributed by atoms with Gasteiger partial charge in [-0.1, -0.05) is 55.3 Å². The van der Waals surface area contributed by atoms with Crippen LogP contribution in [0.15, 0.2) is 42.5 Å². The summed E-state index contributed by atoms with van der Waals surface area (Å²) in [5, 5.41) is 3.62. The predicted octanol–water partition coefficient (Wildman–Crippen LogP) is 5.82. The second-order valence-electron chi connectivity index (χ2n) is 6.03. The largest absolute Gasteiger partial charge is 0.378 e. The van der Waals surface area contributed by atoms with Gasteiger partial charge in [0.15, 0.2) is 0 Å². The molecule has 0 saturated heterocycles. The fraction of sp³-hybridized carbons (Fsp3) is 0.400. The lowest BCUT2D eigenvalue weighted by molar-refractivity contribution is 0.793. The summed E-state index contributed by atoms with van der Waals surface area (Å²) >= 11 is 0. The topological polar surface area (TPSA) is 12.0 Å². The van der Waals surface area contributed by atoms with Crippen LogP contribution in [0, 0.1) is 13.8 Å². The average Bonchev–Trinajstić information content (AvgIpc) is 2.48. The van der Waals surface area contributed by atoms with E-state index in [-0.39, 0.29) is 0 Å². The number of hydrogen-bond acceptors (Lipinski definition) is 1. The number of anilines is 1. The zero-order valence-electron chi connectivity index (χ0n) is 13.7. The maximum atomic E-state index is 3.62. The molecule has 0 amide bonds. The highest BCUT2D eigenvalue weighted by Crippen LogP contribution is 2.23. The summed E-state index contributed by atoms with van der Waals surface area (Å²) in [4.78, 5) is 0. The lowest BCUT2D eigenvalue weighted by Crippen LogP contribution is -2.07. The third kappa shape index (κ3) is 4.35. The molecule has 0 aliphatic rings. The smallest absolute Gasteiger partial charge is 0.0485 e. The zero-order chi connectivity index (χ0) is 15.2. The molecule has 1 atom stereocenters. The van der Waals surface area contributed by atoms with Crippen LogP contribution in [0.2, 0.25) is 0 Å². The molecule has 0 aliphatic heterocycles. The van der Waals surface area contributed by atoms with Crippen molar-refractivity contribution in [3.63, 3.8) is 0 Å². The van der Waals surface area contributed by atoms with Crippen molar-refractivity contribution in [2.24, 2.45) is 0 Å². The second kappa shape index (κ2) is 7.31. The number of nitrogens with one attached hydrogen (secondary N) is 1. The number of unbranched alkanes of at least 4 members (excludes halogenated alkanes) is 1. The lowest BCUT2D eigenvalue weighted by Gasteiger charge is -2.18. The molecule has 1 N–H and O–H groups in total. The zero-order valence-corrected chi connectivity index (χ0v) is 13.7. The first-order valence-corrected chi connectivity index (χ1v) is 8.02. The maximum absolute atomic E-state index is 3.62. The van der Waals surface area contributed by atoms with Gasteiger partial charge in [0.2, 0.25) is 0 Å². The van der Waals surface area contributed by atoms with Gasteiger partial charge in [-0.25, -0.2) is 0 Å². The summed E-state index contributed by atoms with van der Waals surface area (Å²) in [6, 6.07) is 15.9. The fourth-order valence-electron chi connectivity index (χ4n) is 2.65. The molecule has 0 heterocycles. The molecule has 0 saturated carbocycles. The summed E-state index contributed by atoms with van der Waals surface area (Å²) in [7, 11) is 0. The number of aryl methyl sites for hydroxylation is 3. The molecule has 21 heavy (non-hydrogen) atoms. The van der Waals surface area contributed by atoms with E-state index in [1.165, 1.54) is 47.2 Å². The van der Waals surface area contributed by atoms with Crippen LogP contribution in [0.5, 0.6) is 0 Å². The first-order valence-electron chi connectivity index (χ1n) is 8.02. The molecule has 112 valence electrons. The molecule has 1 nitrogen and oxygen atoms in total. The molecule has 0 aromatic heterocycles. The highest BCUT2D eigenvalue weighted by atomic mass is 14.9. The quantitative estimate of drug-likeness (QED) is 0.703. The maximum Gasteiger partial charge on any atom is 0.0485 e. The number of rotatable bonds is 6. The predicted molar refractivity (Wildman–Crippen MR) is 93.0 cm³/mol. The van der Waals surface area contributed by atoms with E-state index in [0.717, 1.165) is 0 Å². The van der Waals surface area contributed by atoms with Crippen molar-refractivity contribution in [3.05, 3.63) is 64.7 Å². The van der Waals surface area contributed by atoms with Gasteiger partial charge < -0.3 is 5.32 Å². The standard InChI is InChI=1S/C20H27N/c1-5-6-7-18-9-11-19(12-10-18)17(4)21-20-13-8-15(2)14-16(20)3/h8-14,17,21H,5-7H2,1-4H3. The Balaban J connectivity index is 2.04. The van der Waals surface area contributed by atoms with Crippen LogP contribution < -0.4 is 5.32 Å². The van der Waals surface area contributed by atoms with Gasteiger partial charge in [-0.15, -0.1) is 0 Å². The van der Waals surface area contributed by atoms with Gasteiger partial charge >= 0.3 is 0 Å². The van der Waals surface area contributed by atoms with E-state index in [9.17, 15) is 0 Å². The van der Waals surface area contributed by atoms with Gasteiger partial charge in [-0.3, -0.25) is 0 Å². The Morgan fingerprint density at radius 3 is 2.33 bits per heavy atom. The minimum atomic E-state index is 0.326. The minimum absolute atomic E-state index is 0.326. The molecule has 1 unspecified atom stereocenters. The Morgan fingerprint density at radius 2 is 1.71 bits per heavy atom. The minimum Gasteiger partial charge on any atom is -0.378 e. The van der Waals surface area contributed by atoms with Gasteiger partial charge in [0.1, 0.15) is 0 Å². The summed E-state index contributed by atoms with van der Waals surface area (Å²) in [6.07, 6.45) is 3.72. The molecule has 0 bridgehead atoms. The van der Waals surface area contributed by atoms with Gasteiger partial charge in [0, 0.05) is 11.7 Å².